The van der Waals surface area contributed by atoms with E-state index in [1.54, 1.807) is 24.3 Å². The number of aliphatic imine (C=N–C) groups is 1. The molecular weight excluding hydrogens is 499 g/mol. The number of nitrogens with zero attached hydrogens (tertiary/aromatic N) is 3. The summed E-state index contributed by atoms with van der Waals surface area (Å²) in [5.41, 5.74) is 1.04. The van der Waals surface area contributed by atoms with E-state index in [0.29, 0.717) is 28.8 Å². The van der Waals surface area contributed by atoms with Gasteiger partial charge in [0.05, 0.1) is 11.1 Å². The van der Waals surface area contributed by atoms with E-state index >= 15 is 0 Å². The van der Waals surface area contributed by atoms with Crippen LogP contribution in [0.4, 0.5) is 0 Å². The molecule has 1 fully saturated rings. The number of hydrogen-bond acceptors (Lipinski definition) is 4. The van der Waals surface area contributed by atoms with E-state index in [1.807, 2.05) is 7.05 Å². The smallest absolute Gasteiger partial charge is 0.261 e. The summed E-state index contributed by atoms with van der Waals surface area (Å²) in [6.45, 7) is 7.83. The van der Waals surface area contributed by atoms with E-state index < -0.39 is 0 Å². The number of unbranched alkanes of at least 4 members (excludes halogenated alkanes) is 1. The number of guanidine groups is 1. The molecular formula is C21H31IN4O2S. The Labute approximate surface area is 194 Å². The van der Waals surface area contributed by atoms with E-state index in [1.165, 1.54) is 4.90 Å². The molecule has 2 aliphatic rings. The van der Waals surface area contributed by atoms with Gasteiger partial charge in [-0.15, -0.1) is 24.0 Å². The van der Waals surface area contributed by atoms with Crippen LogP contribution in [-0.4, -0.2) is 71.8 Å². The Hall–Kier alpha value is -1.29. The topological polar surface area (TPSA) is 65.0 Å². The van der Waals surface area contributed by atoms with Crippen molar-refractivity contribution < 1.29 is 9.59 Å². The van der Waals surface area contributed by atoms with Crippen LogP contribution in [0, 0.1) is 5.92 Å². The number of fused-ring (bicyclic) bond motifs is 1. The van der Waals surface area contributed by atoms with Crippen molar-refractivity contribution in [2.75, 3.05) is 39.0 Å². The molecule has 3 rings (SSSR count). The van der Waals surface area contributed by atoms with E-state index in [4.69, 9.17) is 0 Å². The lowest BCUT2D eigenvalue weighted by atomic mass is 10.1. The van der Waals surface area contributed by atoms with Crippen LogP contribution in [0.1, 0.15) is 47.4 Å². The molecule has 1 unspecified atom stereocenters. The van der Waals surface area contributed by atoms with Crippen LogP contribution in [0.3, 0.4) is 0 Å². The van der Waals surface area contributed by atoms with Crippen LogP contribution >= 0.6 is 35.7 Å². The molecule has 0 saturated carbocycles. The van der Waals surface area contributed by atoms with Gasteiger partial charge in [-0.25, -0.2) is 0 Å². The quantitative estimate of drug-likeness (QED) is 0.201. The van der Waals surface area contributed by atoms with Gasteiger partial charge < -0.3 is 10.2 Å². The van der Waals surface area contributed by atoms with Crippen molar-refractivity contribution in [3.63, 3.8) is 0 Å². The average Bonchev–Trinajstić information content (AvgIpc) is 2.95. The molecule has 0 aliphatic carbocycles. The molecule has 2 aliphatic heterocycles. The largest absolute Gasteiger partial charge is 0.356 e. The zero-order valence-corrected chi connectivity index (χ0v) is 20.5. The Bertz CT molecular complexity index is 721. The van der Waals surface area contributed by atoms with Gasteiger partial charge in [0.1, 0.15) is 0 Å². The zero-order chi connectivity index (χ0) is 20.1. The normalized spacial score (nSPS) is 19.4. The Balaban J connectivity index is 0.00000300. The zero-order valence-electron chi connectivity index (χ0n) is 17.4. The van der Waals surface area contributed by atoms with E-state index in [2.05, 4.69) is 40.8 Å². The third-order valence-electron chi connectivity index (χ3n) is 5.32. The Kier molecular flexibility index (Phi) is 9.26. The summed E-state index contributed by atoms with van der Waals surface area (Å²) in [7, 11) is 1.83. The van der Waals surface area contributed by atoms with Crippen molar-refractivity contribution in [3.05, 3.63) is 35.4 Å². The van der Waals surface area contributed by atoms with Gasteiger partial charge in [-0.3, -0.25) is 19.5 Å². The van der Waals surface area contributed by atoms with Crippen LogP contribution in [-0.2, 0) is 0 Å². The van der Waals surface area contributed by atoms with Gasteiger partial charge in [0.25, 0.3) is 11.8 Å². The summed E-state index contributed by atoms with van der Waals surface area (Å²) in [5, 5.41) is 4.08. The van der Waals surface area contributed by atoms with Gasteiger partial charge in [0.15, 0.2) is 5.96 Å². The highest BCUT2D eigenvalue weighted by atomic mass is 127. The summed E-state index contributed by atoms with van der Waals surface area (Å²) in [4.78, 5) is 32.9. The molecule has 0 aromatic heterocycles. The maximum atomic E-state index is 12.4. The summed E-state index contributed by atoms with van der Waals surface area (Å²) >= 11 is 2.05. The predicted octanol–water partition coefficient (Wildman–Crippen LogP) is 3.33. The molecule has 0 radical (unpaired) electrons. The SMILES string of the molecule is CN=C(NCCCCN1C(=O)c2ccccc2C1=O)N1CCSC(C(C)C)C1.I. The first-order chi connectivity index (χ1) is 13.5. The van der Waals surface area contributed by atoms with Gasteiger partial charge in [-0.2, -0.15) is 11.8 Å². The minimum atomic E-state index is -0.171. The Morgan fingerprint density at radius 2 is 1.86 bits per heavy atom. The summed E-state index contributed by atoms with van der Waals surface area (Å²) < 4.78 is 0. The molecule has 1 atom stereocenters. The van der Waals surface area contributed by atoms with Crippen LogP contribution in [0.15, 0.2) is 29.3 Å². The number of nitrogens with one attached hydrogen (secondary N) is 1. The van der Waals surface area contributed by atoms with Crippen molar-refractivity contribution in [2.45, 2.75) is 31.9 Å². The predicted molar refractivity (Wildman–Crippen MR) is 130 cm³/mol. The van der Waals surface area contributed by atoms with E-state index in [9.17, 15) is 9.59 Å². The fraction of sp³-hybridized carbons (Fsp3) is 0.571. The molecule has 160 valence electrons. The maximum absolute atomic E-state index is 12.4. The molecule has 1 saturated heterocycles. The van der Waals surface area contributed by atoms with Crippen molar-refractivity contribution in [3.8, 4) is 0 Å². The van der Waals surface area contributed by atoms with Crippen molar-refractivity contribution in [1.29, 1.82) is 0 Å². The highest BCUT2D eigenvalue weighted by Gasteiger charge is 2.34. The molecule has 1 aromatic rings. The van der Waals surface area contributed by atoms with Gasteiger partial charge in [-0.1, -0.05) is 26.0 Å². The summed E-state index contributed by atoms with van der Waals surface area (Å²) in [6, 6.07) is 7.04. The summed E-state index contributed by atoms with van der Waals surface area (Å²) in [6.07, 6.45) is 1.66. The average molecular weight is 530 g/mol. The lowest BCUT2D eigenvalue weighted by Gasteiger charge is -2.36. The van der Waals surface area contributed by atoms with Gasteiger partial charge >= 0.3 is 0 Å². The Morgan fingerprint density at radius 3 is 2.45 bits per heavy atom. The number of imide groups is 1. The van der Waals surface area contributed by atoms with Crippen LogP contribution in [0.2, 0.25) is 0 Å². The lowest BCUT2D eigenvalue weighted by molar-refractivity contribution is 0.0652. The van der Waals surface area contributed by atoms with Crippen LogP contribution in [0.5, 0.6) is 0 Å². The Morgan fingerprint density at radius 1 is 1.21 bits per heavy atom. The lowest BCUT2D eigenvalue weighted by Crippen LogP contribution is -2.49. The number of hydrogen-bond donors (Lipinski definition) is 1. The second kappa shape index (κ2) is 11.2. The molecule has 0 spiro atoms. The second-order valence-electron chi connectivity index (χ2n) is 7.59. The molecule has 6 nitrogen and oxygen atoms in total. The first-order valence-corrected chi connectivity index (χ1v) is 11.1. The highest BCUT2D eigenvalue weighted by molar-refractivity contribution is 14.0. The number of halogens is 1. The van der Waals surface area contributed by atoms with Crippen molar-refractivity contribution >= 4 is 53.5 Å². The minimum absolute atomic E-state index is 0. The fourth-order valence-electron chi connectivity index (χ4n) is 3.64. The van der Waals surface area contributed by atoms with Gasteiger partial charge in [-0.05, 0) is 30.9 Å². The number of amides is 2. The van der Waals surface area contributed by atoms with Crippen molar-refractivity contribution in [2.24, 2.45) is 10.9 Å². The van der Waals surface area contributed by atoms with Crippen molar-refractivity contribution in [1.82, 2.24) is 15.1 Å². The molecule has 2 heterocycles. The maximum Gasteiger partial charge on any atom is 0.261 e. The number of rotatable bonds is 6. The molecule has 2 amide bonds. The van der Waals surface area contributed by atoms with E-state index in [0.717, 1.165) is 44.2 Å². The first-order valence-electron chi connectivity index (χ1n) is 10.1. The molecule has 29 heavy (non-hydrogen) atoms. The van der Waals surface area contributed by atoms with E-state index in [-0.39, 0.29) is 35.8 Å². The highest BCUT2D eigenvalue weighted by Crippen LogP contribution is 2.25. The number of carbonyl (C=O) groups excluding carboxylic acids is 2. The fourth-order valence-corrected chi connectivity index (χ4v) is 4.94. The first kappa shape index (κ1) is 24.0. The number of carbonyl (C=O) groups is 2. The number of thioether (sulfide) groups is 1. The molecule has 8 heteroatoms. The molecule has 0 bridgehead atoms. The monoisotopic (exact) mass is 530 g/mol. The van der Waals surface area contributed by atoms with Gasteiger partial charge in [0, 0.05) is 44.2 Å². The molecule has 1 aromatic carbocycles. The minimum Gasteiger partial charge on any atom is -0.356 e. The molecule has 1 N–H and O–H groups in total. The number of benzene rings is 1. The van der Waals surface area contributed by atoms with Gasteiger partial charge in [0.2, 0.25) is 0 Å². The third-order valence-corrected chi connectivity index (χ3v) is 6.86. The second-order valence-corrected chi connectivity index (χ2v) is 8.93. The van der Waals surface area contributed by atoms with Crippen LogP contribution < -0.4 is 5.32 Å². The summed E-state index contributed by atoms with van der Waals surface area (Å²) in [5.74, 6) is 2.39. The third kappa shape index (κ3) is 5.65. The van der Waals surface area contributed by atoms with Crippen LogP contribution in [0.25, 0.3) is 0 Å². The standard InChI is InChI=1S/C21H30N4O2S.HI/c1-15(2)18-14-24(12-13-28-18)21(22-3)23-10-6-7-11-25-19(26)16-8-4-5-9-17(16)20(25)27;/h4-5,8-9,15,18H,6-7,10-14H2,1-3H3,(H,22,23);1H.